The number of pyridine rings is 1. The minimum atomic E-state index is -0.941. The molecule has 9 heteroatoms. The fourth-order valence-corrected chi connectivity index (χ4v) is 4.53. The van der Waals surface area contributed by atoms with E-state index < -0.39 is 17.7 Å². The van der Waals surface area contributed by atoms with Gasteiger partial charge in [-0.3, -0.25) is 14.6 Å². The summed E-state index contributed by atoms with van der Waals surface area (Å²) in [5.74, 6) is -0.0912. The third-order valence-corrected chi connectivity index (χ3v) is 6.16. The molecule has 184 valence electrons. The molecule has 2 aromatic carbocycles. The van der Waals surface area contributed by atoms with Crippen LogP contribution in [-0.2, 0) is 16.1 Å². The molecular formula is C27H24N2O7. The van der Waals surface area contributed by atoms with Gasteiger partial charge in [0, 0.05) is 30.1 Å². The molecule has 2 aliphatic heterocycles. The molecule has 0 radical (unpaired) electrons. The molecule has 1 amide bonds. The molecule has 1 N–H and O–H groups in total. The molecule has 0 saturated carbocycles. The van der Waals surface area contributed by atoms with Crippen molar-refractivity contribution in [1.82, 2.24) is 9.88 Å². The Hall–Kier alpha value is -4.53. The minimum Gasteiger partial charge on any atom is -0.507 e. The molecule has 1 atom stereocenters. The summed E-state index contributed by atoms with van der Waals surface area (Å²) in [6.07, 6.45) is 3.25. The highest BCUT2D eigenvalue weighted by atomic mass is 16.6. The summed E-state index contributed by atoms with van der Waals surface area (Å²) in [6.45, 7) is 0.891. The van der Waals surface area contributed by atoms with E-state index in [4.69, 9.17) is 18.9 Å². The lowest BCUT2D eigenvalue weighted by molar-refractivity contribution is -0.140. The summed E-state index contributed by atoms with van der Waals surface area (Å²) in [5, 5.41) is 11.4. The number of nitrogens with zero attached hydrogens (tertiary/aromatic N) is 2. The lowest BCUT2D eigenvalue weighted by Crippen LogP contribution is -2.29. The average molecular weight is 488 g/mol. The Balaban J connectivity index is 1.69. The summed E-state index contributed by atoms with van der Waals surface area (Å²) in [4.78, 5) is 32.2. The molecule has 1 unspecified atom stereocenters. The monoisotopic (exact) mass is 488 g/mol. The van der Waals surface area contributed by atoms with Gasteiger partial charge in [0.2, 0.25) is 0 Å². The predicted molar refractivity (Wildman–Crippen MR) is 129 cm³/mol. The second-order valence-electron chi connectivity index (χ2n) is 8.23. The van der Waals surface area contributed by atoms with E-state index in [2.05, 4.69) is 4.98 Å². The number of para-hydroxylation sites is 1. The zero-order chi connectivity index (χ0) is 25.2. The van der Waals surface area contributed by atoms with Crippen LogP contribution in [0.1, 0.15) is 22.7 Å². The van der Waals surface area contributed by atoms with E-state index >= 15 is 0 Å². The standard InChI is InChI=1S/C27H24N2O7/c1-33-20-7-3-6-18(26(20)34-2)23-22(24(30)17-8-9-19-21(13-17)36-12-11-35-19)25(31)27(32)29(23)15-16-5-4-10-28-14-16/h3-10,13-14,23,30H,11-12,15H2,1-2H3/b24-22+. The normalized spacial score (nSPS) is 18.3. The zero-order valence-corrected chi connectivity index (χ0v) is 19.8. The summed E-state index contributed by atoms with van der Waals surface area (Å²) < 4.78 is 22.3. The lowest BCUT2D eigenvalue weighted by Gasteiger charge is -2.27. The molecule has 5 rings (SSSR count). The SMILES string of the molecule is COc1cccc(C2/C(=C(\O)c3ccc4c(c3)OCCO4)C(=O)C(=O)N2Cc2cccnc2)c1OC. The maximum Gasteiger partial charge on any atom is 0.295 e. The van der Waals surface area contributed by atoms with Gasteiger partial charge in [0.1, 0.15) is 19.0 Å². The Kier molecular flexibility index (Phi) is 6.20. The highest BCUT2D eigenvalue weighted by molar-refractivity contribution is 6.46. The first kappa shape index (κ1) is 23.2. The molecule has 3 aromatic rings. The number of ketones is 1. The fourth-order valence-electron chi connectivity index (χ4n) is 4.53. The van der Waals surface area contributed by atoms with Crippen molar-refractivity contribution < 1.29 is 33.6 Å². The van der Waals surface area contributed by atoms with E-state index in [1.165, 1.54) is 19.1 Å². The van der Waals surface area contributed by atoms with Crippen molar-refractivity contribution in [2.75, 3.05) is 27.4 Å². The van der Waals surface area contributed by atoms with Crippen molar-refractivity contribution in [2.45, 2.75) is 12.6 Å². The number of likely N-dealkylation sites (tertiary alicyclic amines) is 1. The van der Waals surface area contributed by atoms with Crippen LogP contribution >= 0.6 is 0 Å². The Labute approximate surface area is 207 Å². The van der Waals surface area contributed by atoms with Crippen LogP contribution in [-0.4, -0.2) is 54.1 Å². The summed E-state index contributed by atoms with van der Waals surface area (Å²) >= 11 is 0. The molecule has 9 nitrogen and oxygen atoms in total. The van der Waals surface area contributed by atoms with Gasteiger partial charge in [-0.25, -0.2) is 0 Å². The highest BCUT2D eigenvalue weighted by Crippen LogP contribution is 2.46. The van der Waals surface area contributed by atoms with Crippen LogP contribution in [0.25, 0.3) is 5.76 Å². The highest BCUT2D eigenvalue weighted by Gasteiger charge is 2.47. The number of ether oxygens (including phenoxy) is 4. The van der Waals surface area contributed by atoms with Gasteiger partial charge >= 0.3 is 0 Å². The molecule has 3 heterocycles. The third kappa shape index (κ3) is 3.98. The summed E-state index contributed by atoms with van der Waals surface area (Å²) in [5.41, 5.74) is 1.49. The van der Waals surface area contributed by atoms with E-state index in [1.54, 1.807) is 54.9 Å². The zero-order valence-electron chi connectivity index (χ0n) is 19.8. The van der Waals surface area contributed by atoms with Crippen molar-refractivity contribution >= 4 is 17.4 Å². The molecule has 1 fully saturated rings. The predicted octanol–water partition coefficient (Wildman–Crippen LogP) is 3.49. The smallest absolute Gasteiger partial charge is 0.295 e. The molecule has 0 bridgehead atoms. The molecule has 0 aliphatic carbocycles. The van der Waals surface area contributed by atoms with Gasteiger partial charge < -0.3 is 29.0 Å². The number of hydrogen-bond donors (Lipinski definition) is 1. The Morgan fingerprint density at radius 3 is 2.58 bits per heavy atom. The topological polar surface area (TPSA) is 107 Å². The van der Waals surface area contributed by atoms with Gasteiger partial charge in [0.15, 0.2) is 23.0 Å². The van der Waals surface area contributed by atoms with Crippen molar-refractivity contribution in [3.8, 4) is 23.0 Å². The van der Waals surface area contributed by atoms with E-state index in [0.717, 1.165) is 5.56 Å². The maximum absolute atomic E-state index is 13.4. The number of benzene rings is 2. The van der Waals surface area contributed by atoms with E-state index in [-0.39, 0.29) is 17.9 Å². The molecular weight excluding hydrogens is 464 g/mol. The largest absolute Gasteiger partial charge is 0.507 e. The molecule has 1 aromatic heterocycles. The molecule has 36 heavy (non-hydrogen) atoms. The van der Waals surface area contributed by atoms with E-state index in [0.29, 0.717) is 47.3 Å². The third-order valence-electron chi connectivity index (χ3n) is 6.16. The number of Topliss-reactive ketones (excluding diaryl/α,β-unsaturated/α-hetero) is 1. The van der Waals surface area contributed by atoms with Crippen molar-refractivity contribution in [3.05, 3.63) is 83.2 Å². The number of aliphatic hydroxyl groups excluding tert-OH is 1. The number of amides is 1. The van der Waals surface area contributed by atoms with Gasteiger partial charge in [-0.1, -0.05) is 18.2 Å². The van der Waals surface area contributed by atoms with Crippen LogP contribution in [0.4, 0.5) is 0 Å². The number of hydrogen-bond acceptors (Lipinski definition) is 8. The lowest BCUT2D eigenvalue weighted by atomic mass is 9.94. The molecule has 1 saturated heterocycles. The quantitative estimate of drug-likeness (QED) is 0.319. The van der Waals surface area contributed by atoms with Crippen molar-refractivity contribution in [1.29, 1.82) is 0 Å². The maximum atomic E-state index is 13.4. The second kappa shape index (κ2) is 9.61. The minimum absolute atomic E-state index is 0.0629. The molecule has 2 aliphatic rings. The van der Waals surface area contributed by atoms with Crippen LogP contribution in [0.5, 0.6) is 23.0 Å². The van der Waals surface area contributed by atoms with Gasteiger partial charge in [-0.15, -0.1) is 0 Å². The summed E-state index contributed by atoms with van der Waals surface area (Å²) in [6, 6.07) is 12.7. The Morgan fingerprint density at radius 2 is 1.86 bits per heavy atom. The Bertz CT molecular complexity index is 1350. The van der Waals surface area contributed by atoms with Gasteiger partial charge in [0.25, 0.3) is 11.7 Å². The van der Waals surface area contributed by atoms with Crippen molar-refractivity contribution in [3.63, 3.8) is 0 Å². The van der Waals surface area contributed by atoms with Gasteiger partial charge in [-0.2, -0.15) is 0 Å². The second-order valence-corrected chi connectivity index (χ2v) is 8.23. The number of aliphatic hydroxyl groups is 1. The van der Waals surface area contributed by atoms with Crippen LogP contribution in [0.2, 0.25) is 0 Å². The van der Waals surface area contributed by atoms with Gasteiger partial charge in [0.05, 0.1) is 25.8 Å². The number of carbonyl (C=O) groups is 2. The number of fused-ring (bicyclic) bond motifs is 1. The number of rotatable bonds is 6. The number of carbonyl (C=O) groups excluding carboxylic acids is 2. The van der Waals surface area contributed by atoms with Crippen molar-refractivity contribution in [2.24, 2.45) is 0 Å². The average Bonchev–Trinajstić information content (AvgIpc) is 3.17. The van der Waals surface area contributed by atoms with Crippen LogP contribution in [0, 0.1) is 0 Å². The van der Waals surface area contributed by atoms with Crippen LogP contribution < -0.4 is 18.9 Å². The van der Waals surface area contributed by atoms with E-state index in [9.17, 15) is 14.7 Å². The summed E-state index contributed by atoms with van der Waals surface area (Å²) in [7, 11) is 2.98. The van der Waals surface area contributed by atoms with Gasteiger partial charge in [-0.05, 0) is 35.9 Å². The fraction of sp³-hybridized carbons (Fsp3) is 0.222. The number of methoxy groups -OCH3 is 2. The first-order valence-corrected chi connectivity index (χ1v) is 11.3. The first-order valence-electron chi connectivity index (χ1n) is 11.3. The van der Waals surface area contributed by atoms with Crippen LogP contribution in [0.3, 0.4) is 0 Å². The van der Waals surface area contributed by atoms with Crippen LogP contribution in [0.15, 0.2) is 66.5 Å². The molecule has 0 spiro atoms. The first-order chi connectivity index (χ1) is 17.5. The van der Waals surface area contributed by atoms with E-state index in [1.807, 2.05) is 6.07 Å². The Morgan fingerprint density at radius 1 is 1.06 bits per heavy atom. The number of aromatic nitrogens is 1.